The highest BCUT2D eigenvalue weighted by Crippen LogP contribution is 2.22. The maximum atomic E-state index is 5.40. The normalized spacial score (nSPS) is 10.7. The molecular formula is C23H23N5OS. The number of hydrogen-bond acceptors (Lipinski definition) is 7. The van der Waals surface area contributed by atoms with Gasteiger partial charge in [-0.3, -0.25) is 0 Å². The minimum absolute atomic E-state index is 0.748. The summed E-state index contributed by atoms with van der Waals surface area (Å²) in [7, 11) is 1.71. The highest BCUT2D eigenvalue weighted by Gasteiger charge is 2.05. The van der Waals surface area contributed by atoms with Crippen LogP contribution in [0.15, 0.2) is 72.4 Å². The van der Waals surface area contributed by atoms with Gasteiger partial charge in [-0.1, -0.05) is 30.3 Å². The Labute approximate surface area is 180 Å². The fourth-order valence-corrected chi connectivity index (χ4v) is 3.68. The van der Waals surface area contributed by atoms with Crippen LogP contribution < -0.4 is 15.4 Å². The second-order valence-corrected chi connectivity index (χ2v) is 7.56. The van der Waals surface area contributed by atoms with Crippen molar-refractivity contribution in [3.63, 3.8) is 0 Å². The molecule has 0 spiro atoms. The fraction of sp³-hybridized carbons (Fsp3) is 0.174. The summed E-state index contributed by atoms with van der Waals surface area (Å²) in [5.41, 5.74) is 3.19. The van der Waals surface area contributed by atoms with Gasteiger partial charge in [-0.15, -0.1) is 11.3 Å². The molecule has 2 N–H and O–H groups in total. The minimum atomic E-state index is 0.748. The Morgan fingerprint density at radius 2 is 1.90 bits per heavy atom. The maximum Gasteiger partial charge on any atom is 0.141 e. The molecule has 152 valence electrons. The van der Waals surface area contributed by atoms with E-state index in [4.69, 9.17) is 4.74 Å². The number of thiazole rings is 1. The number of anilines is 2. The van der Waals surface area contributed by atoms with Crippen LogP contribution in [0.1, 0.15) is 11.1 Å². The lowest BCUT2D eigenvalue weighted by atomic mass is 10.1. The summed E-state index contributed by atoms with van der Waals surface area (Å²) in [6, 6.07) is 18.0. The maximum absolute atomic E-state index is 5.40. The summed E-state index contributed by atoms with van der Waals surface area (Å²) in [5.74, 6) is 2.44. The fourth-order valence-electron chi connectivity index (χ4n) is 3.07. The van der Waals surface area contributed by atoms with Crippen LogP contribution in [0, 0.1) is 0 Å². The molecule has 4 aromatic rings. The number of nitrogens with one attached hydrogen (secondary N) is 2. The predicted octanol–water partition coefficient (Wildman–Crippen LogP) is 4.68. The molecule has 0 atom stereocenters. The lowest BCUT2D eigenvalue weighted by Crippen LogP contribution is -2.17. The molecule has 0 radical (unpaired) electrons. The smallest absolute Gasteiger partial charge is 0.141 e. The van der Waals surface area contributed by atoms with Crippen LogP contribution in [-0.2, 0) is 13.0 Å². The largest absolute Gasteiger partial charge is 0.496 e. The van der Waals surface area contributed by atoms with Crippen molar-refractivity contribution in [1.82, 2.24) is 20.3 Å². The molecule has 0 amide bonds. The number of methoxy groups -OCH3 is 1. The van der Waals surface area contributed by atoms with E-state index >= 15 is 0 Å². The highest BCUT2D eigenvalue weighted by atomic mass is 32.1. The molecule has 0 unspecified atom stereocenters. The molecule has 0 saturated heterocycles. The lowest BCUT2D eigenvalue weighted by Gasteiger charge is -2.10. The topological polar surface area (TPSA) is 72.0 Å². The number of para-hydroxylation sites is 1. The van der Waals surface area contributed by atoms with Gasteiger partial charge < -0.3 is 15.4 Å². The molecule has 6 nitrogen and oxygen atoms in total. The Morgan fingerprint density at radius 3 is 2.70 bits per heavy atom. The first-order valence-corrected chi connectivity index (χ1v) is 10.6. The van der Waals surface area contributed by atoms with Gasteiger partial charge in [-0.05, 0) is 48.4 Å². The molecule has 0 aliphatic carbocycles. The molecule has 3 heterocycles. The summed E-state index contributed by atoms with van der Waals surface area (Å²) in [6.07, 6.45) is 4.58. The molecule has 7 heteroatoms. The third kappa shape index (κ3) is 5.20. The molecule has 0 aliphatic heterocycles. The summed E-state index contributed by atoms with van der Waals surface area (Å²) in [5, 5.41) is 9.56. The molecule has 1 aromatic carbocycles. The van der Waals surface area contributed by atoms with E-state index in [1.807, 2.05) is 54.0 Å². The first kappa shape index (κ1) is 20.0. The van der Waals surface area contributed by atoms with Crippen molar-refractivity contribution < 1.29 is 4.74 Å². The standard InChI is InChI=1S/C23H23N5OS/c1-29-20-7-3-2-5-18(20)11-12-24-15-17-9-10-21(26-16-17)28-22-8-4-6-19(27-22)23-25-13-14-30-23/h2-10,13-14,16,24H,11-12,15H2,1H3,(H,26,27,28). The Bertz CT molecular complexity index is 1070. The molecule has 0 bridgehead atoms. The summed E-state index contributed by atoms with van der Waals surface area (Å²) >= 11 is 1.57. The third-order valence-electron chi connectivity index (χ3n) is 4.57. The van der Waals surface area contributed by atoms with Gasteiger partial charge in [0, 0.05) is 24.3 Å². The number of ether oxygens (including phenoxy) is 1. The van der Waals surface area contributed by atoms with Crippen LogP contribution in [0.3, 0.4) is 0 Å². The quantitative estimate of drug-likeness (QED) is 0.385. The molecule has 4 rings (SSSR count). The Kier molecular flexibility index (Phi) is 6.64. The van der Waals surface area contributed by atoms with Gasteiger partial charge in [0.15, 0.2) is 0 Å². The lowest BCUT2D eigenvalue weighted by molar-refractivity contribution is 0.409. The second kappa shape index (κ2) is 9.96. The average Bonchev–Trinajstić information content (AvgIpc) is 3.33. The Hall–Kier alpha value is -3.29. The van der Waals surface area contributed by atoms with Gasteiger partial charge in [0.05, 0.1) is 7.11 Å². The SMILES string of the molecule is COc1ccccc1CCNCc1ccc(Nc2cccc(-c3nccs3)n2)nc1. The molecule has 0 fully saturated rings. The van der Waals surface area contributed by atoms with E-state index in [0.717, 1.165) is 53.2 Å². The summed E-state index contributed by atoms with van der Waals surface area (Å²) in [6.45, 7) is 1.63. The van der Waals surface area contributed by atoms with Crippen molar-refractivity contribution in [2.75, 3.05) is 19.0 Å². The molecule has 0 aliphatic rings. The number of aromatic nitrogens is 3. The monoisotopic (exact) mass is 417 g/mol. The summed E-state index contributed by atoms with van der Waals surface area (Å²) in [4.78, 5) is 13.4. The van der Waals surface area contributed by atoms with Gasteiger partial charge in [0.1, 0.15) is 28.1 Å². The van der Waals surface area contributed by atoms with Crippen molar-refractivity contribution in [3.05, 3.63) is 83.5 Å². The van der Waals surface area contributed by atoms with Crippen LogP contribution in [0.2, 0.25) is 0 Å². The minimum Gasteiger partial charge on any atom is -0.496 e. The van der Waals surface area contributed by atoms with Crippen LogP contribution in [0.4, 0.5) is 11.6 Å². The van der Waals surface area contributed by atoms with Gasteiger partial charge in [-0.25, -0.2) is 15.0 Å². The summed E-state index contributed by atoms with van der Waals surface area (Å²) < 4.78 is 5.40. The van der Waals surface area contributed by atoms with Crippen molar-refractivity contribution in [2.24, 2.45) is 0 Å². The van der Waals surface area contributed by atoms with E-state index in [0.29, 0.717) is 0 Å². The zero-order chi connectivity index (χ0) is 20.6. The zero-order valence-electron chi connectivity index (χ0n) is 16.7. The number of nitrogens with zero attached hydrogens (tertiary/aromatic N) is 3. The molecule has 30 heavy (non-hydrogen) atoms. The van der Waals surface area contributed by atoms with Crippen molar-refractivity contribution in [3.8, 4) is 16.5 Å². The number of rotatable bonds is 9. The van der Waals surface area contributed by atoms with E-state index in [1.165, 1.54) is 5.56 Å². The first-order chi connectivity index (χ1) is 14.8. The first-order valence-electron chi connectivity index (χ1n) is 9.73. The van der Waals surface area contributed by atoms with E-state index in [1.54, 1.807) is 24.6 Å². The predicted molar refractivity (Wildman–Crippen MR) is 121 cm³/mol. The zero-order valence-corrected chi connectivity index (χ0v) is 17.5. The molecule has 0 saturated carbocycles. The van der Waals surface area contributed by atoms with Crippen LogP contribution >= 0.6 is 11.3 Å². The number of benzene rings is 1. The third-order valence-corrected chi connectivity index (χ3v) is 5.37. The molecular weight excluding hydrogens is 394 g/mol. The Morgan fingerprint density at radius 1 is 0.967 bits per heavy atom. The Balaban J connectivity index is 1.29. The highest BCUT2D eigenvalue weighted by molar-refractivity contribution is 7.13. The van der Waals surface area contributed by atoms with Crippen LogP contribution in [-0.4, -0.2) is 28.6 Å². The van der Waals surface area contributed by atoms with Crippen molar-refractivity contribution >= 4 is 23.0 Å². The van der Waals surface area contributed by atoms with Crippen LogP contribution in [0.5, 0.6) is 5.75 Å². The second-order valence-electron chi connectivity index (χ2n) is 6.66. The van der Waals surface area contributed by atoms with Crippen molar-refractivity contribution in [2.45, 2.75) is 13.0 Å². The van der Waals surface area contributed by atoms with E-state index in [-0.39, 0.29) is 0 Å². The number of hydrogen-bond donors (Lipinski definition) is 2. The van der Waals surface area contributed by atoms with E-state index in [2.05, 4.69) is 37.7 Å². The number of pyridine rings is 2. The van der Waals surface area contributed by atoms with E-state index < -0.39 is 0 Å². The van der Waals surface area contributed by atoms with E-state index in [9.17, 15) is 0 Å². The van der Waals surface area contributed by atoms with Gasteiger partial charge in [0.2, 0.25) is 0 Å². The van der Waals surface area contributed by atoms with Crippen molar-refractivity contribution in [1.29, 1.82) is 0 Å². The van der Waals surface area contributed by atoms with Gasteiger partial charge >= 0.3 is 0 Å². The molecule has 3 aromatic heterocycles. The average molecular weight is 418 g/mol. The van der Waals surface area contributed by atoms with Crippen LogP contribution in [0.25, 0.3) is 10.7 Å². The van der Waals surface area contributed by atoms with Gasteiger partial charge in [-0.2, -0.15) is 0 Å². The van der Waals surface area contributed by atoms with Gasteiger partial charge in [0.25, 0.3) is 0 Å².